The van der Waals surface area contributed by atoms with E-state index in [1.165, 1.54) is 0 Å². The second-order valence-electron chi connectivity index (χ2n) is 1.94. The Morgan fingerprint density at radius 3 is 3.00 bits per heavy atom. The molecule has 1 aromatic rings. The molecule has 0 N–H and O–H groups in total. The molecule has 1 aromatic heterocycles. The van der Waals surface area contributed by atoms with Gasteiger partial charge in [0, 0.05) is 12.3 Å². The fraction of sp³-hybridized carbons (Fsp3) is 0. The second-order valence-corrected chi connectivity index (χ2v) is 2.94. The van der Waals surface area contributed by atoms with Crippen molar-refractivity contribution in [3.8, 4) is 17.4 Å². The van der Waals surface area contributed by atoms with Crippen molar-refractivity contribution >= 4 is 8.60 Å². The molecular formula is C5H2NO3P. The van der Waals surface area contributed by atoms with Crippen LogP contribution in [0.2, 0.25) is 0 Å². The van der Waals surface area contributed by atoms with Crippen LogP contribution in [0.5, 0.6) is 17.4 Å². The molecule has 0 spiro atoms. The van der Waals surface area contributed by atoms with Gasteiger partial charge in [-0.2, -0.15) is 0 Å². The standard InChI is InChI=1S/C5H2NO3P/c1-2-6-5-4-3(1)7-10(8-4)9-5/h1-2H. The topological polar surface area (TPSA) is 40.6 Å². The molecule has 0 radical (unpaired) electrons. The van der Waals surface area contributed by atoms with Gasteiger partial charge in [0.2, 0.25) is 5.75 Å². The van der Waals surface area contributed by atoms with Crippen molar-refractivity contribution in [1.82, 2.24) is 4.98 Å². The Bertz CT molecular complexity index is 276. The van der Waals surface area contributed by atoms with Crippen molar-refractivity contribution < 1.29 is 13.6 Å². The molecular weight excluding hydrogens is 153 g/mol. The Morgan fingerprint density at radius 2 is 2.30 bits per heavy atom. The minimum atomic E-state index is -1.16. The molecule has 0 amide bonds. The molecule has 3 heterocycles. The van der Waals surface area contributed by atoms with Crippen LogP contribution in [0.3, 0.4) is 0 Å². The average Bonchev–Trinajstić information content (AvgIpc) is 2.40. The van der Waals surface area contributed by atoms with E-state index >= 15 is 0 Å². The van der Waals surface area contributed by atoms with Crippen LogP contribution in [0.15, 0.2) is 12.3 Å². The van der Waals surface area contributed by atoms with Gasteiger partial charge in [-0.1, -0.05) is 0 Å². The third-order valence-corrected chi connectivity index (χ3v) is 2.33. The minimum absolute atomic E-state index is 0.565. The number of hydrogen-bond donors (Lipinski definition) is 0. The Labute approximate surface area is 57.7 Å². The molecule has 3 rings (SSSR count). The molecule has 1 unspecified atom stereocenters. The van der Waals surface area contributed by atoms with Crippen LogP contribution in [0.25, 0.3) is 0 Å². The highest BCUT2D eigenvalue weighted by molar-refractivity contribution is 7.44. The van der Waals surface area contributed by atoms with Gasteiger partial charge < -0.3 is 13.6 Å². The molecule has 2 bridgehead atoms. The smallest absolute Gasteiger partial charge is 0.404 e. The maximum atomic E-state index is 5.16. The average molecular weight is 155 g/mol. The van der Waals surface area contributed by atoms with E-state index in [9.17, 15) is 0 Å². The van der Waals surface area contributed by atoms with Gasteiger partial charge in [-0.3, -0.25) is 0 Å². The largest absolute Gasteiger partial charge is 0.532 e. The predicted octanol–water partition coefficient (Wildman–Crippen LogP) is 1.47. The lowest BCUT2D eigenvalue weighted by Gasteiger charge is -2.05. The maximum Gasteiger partial charge on any atom is 0.532 e. The van der Waals surface area contributed by atoms with E-state index < -0.39 is 8.60 Å². The zero-order valence-electron chi connectivity index (χ0n) is 4.77. The van der Waals surface area contributed by atoms with Gasteiger partial charge in [0.1, 0.15) is 0 Å². The molecule has 0 saturated carbocycles. The first-order valence-corrected chi connectivity index (χ1v) is 3.86. The van der Waals surface area contributed by atoms with Gasteiger partial charge in [0.25, 0.3) is 5.88 Å². The number of nitrogens with zero attached hydrogens (tertiary/aromatic N) is 1. The lowest BCUT2D eigenvalue weighted by molar-refractivity contribution is 0.457. The van der Waals surface area contributed by atoms with Gasteiger partial charge >= 0.3 is 8.60 Å². The Balaban J connectivity index is 2.39. The van der Waals surface area contributed by atoms with E-state index in [1.807, 2.05) is 0 Å². The van der Waals surface area contributed by atoms with E-state index in [1.54, 1.807) is 12.3 Å². The molecule has 2 aliphatic rings. The van der Waals surface area contributed by atoms with Gasteiger partial charge in [0.15, 0.2) is 5.75 Å². The quantitative estimate of drug-likeness (QED) is 0.532. The zero-order chi connectivity index (χ0) is 6.55. The SMILES string of the molecule is c1cc2c3c(n1)OP(O2)O3. The zero-order valence-corrected chi connectivity index (χ0v) is 5.67. The second kappa shape index (κ2) is 1.35. The third-order valence-electron chi connectivity index (χ3n) is 1.34. The minimum Gasteiger partial charge on any atom is -0.404 e. The van der Waals surface area contributed by atoms with E-state index in [0.29, 0.717) is 11.6 Å². The molecule has 0 saturated heterocycles. The molecule has 1 atom stereocenters. The molecule has 10 heavy (non-hydrogen) atoms. The van der Waals surface area contributed by atoms with Gasteiger partial charge in [-0.25, -0.2) is 4.98 Å². The first-order chi connectivity index (χ1) is 4.93. The molecule has 0 aromatic carbocycles. The number of hydrogen-bond acceptors (Lipinski definition) is 4. The summed E-state index contributed by atoms with van der Waals surface area (Å²) in [5.41, 5.74) is 0. The Morgan fingerprint density at radius 1 is 1.30 bits per heavy atom. The van der Waals surface area contributed by atoms with E-state index in [0.717, 1.165) is 5.75 Å². The number of rotatable bonds is 0. The Hall–Kier alpha value is -1.02. The van der Waals surface area contributed by atoms with Crippen LogP contribution in [0.1, 0.15) is 0 Å². The van der Waals surface area contributed by atoms with Crippen molar-refractivity contribution in [1.29, 1.82) is 0 Å². The third kappa shape index (κ3) is 0.400. The van der Waals surface area contributed by atoms with Gasteiger partial charge in [-0.05, 0) is 0 Å². The number of fused-ring (bicyclic) bond motifs is 1. The lowest BCUT2D eigenvalue weighted by atomic mass is 10.4. The summed E-state index contributed by atoms with van der Waals surface area (Å²) in [5.74, 6) is 1.98. The number of aromatic nitrogens is 1. The van der Waals surface area contributed by atoms with E-state index in [2.05, 4.69) is 4.98 Å². The van der Waals surface area contributed by atoms with Crippen LogP contribution in [0.4, 0.5) is 0 Å². The fourth-order valence-electron chi connectivity index (χ4n) is 0.915. The molecule has 50 valence electrons. The molecule has 4 nitrogen and oxygen atoms in total. The van der Waals surface area contributed by atoms with E-state index in [4.69, 9.17) is 13.6 Å². The maximum absolute atomic E-state index is 5.16. The van der Waals surface area contributed by atoms with Crippen LogP contribution >= 0.6 is 8.60 Å². The van der Waals surface area contributed by atoms with Crippen molar-refractivity contribution in [2.45, 2.75) is 0 Å². The summed E-state index contributed by atoms with van der Waals surface area (Å²) in [5, 5.41) is 0. The highest BCUT2D eigenvalue weighted by atomic mass is 31.2. The van der Waals surface area contributed by atoms with Crippen LogP contribution in [-0.4, -0.2) is 4.98 Å². The predicted molar refractivity (Wildman–Crippen MR) is 33.0 cm³/mol. The highest BCUT2D eigenvalue weighted by Gasteiger charge is 2.41. The molecule has 0 fully saturated rings. The van der Waals surface area contributed by atoms with Gasteiger partial charge in [0.05, 0.1) is 0 Å². The van der Waals surface area contributed by atoms with Crippen LogP contribution in [0, 0.1) is 0 Å². The monoisotopic (exact) mass is 155 g/mol. The summed E-state index contributed by atoms with van der Waals surface area (Å²) in [6.45, 7) is 0. The fourth-order valence-corrected chi connectivity index (χ4v) is 1.92. The van der Waals surface area contributed by atoms with E-state index in [-0.39, 0.29) is 0 Å². The van der Waals surface area contributed by atoms with Crippen LogP contribution in [-0.2, 0) is 0 Å². The first-order valence-electron chi connectivity index (χ1n) is 2.76. The summed E-state index contributed by atoms with van der Waals surface area (Å²) in [4.78, 5) is 3.94. The van der Waals surface area contributed by atoms with Crippen LogP contribution < -0.4 is 13.6 Å². The molecule has 2 aliphatic heterocycles. The summed E-state index contributed by atoms with van der Waals surface area (Å²) < 4.78 is 15.4. The molecule has 5 heteroatoms. The van der Waals surface area contributed by atoms with Crippen molar-refractivity contribution in [2.75, 3.05) is 0 Å². The van der Waals surface area contributed by atoms with Gasteiger partial charge in [-0.15, -0.1) is 0 Å². The van der Waals surface area contributed by atoms with Crippen molar-refractivity contribution in [3.05, 3.63) is 12.3 Å². The summed E-state index contributed by atoms with van der Waals surface area (Å²) in [7, 11) is -1.16. The summed E-state index contributed by atoms with van der Waals surface area (Å²) in [6.07, 6.45) is 1.63. The number of pyridine rings is 1. The lowest BCUT2D eigenvalue weighted by Crippen LogP contribution is -1.92. The first kappa shape index (κ1) is 4.74. The normalized spacial score (nSPS) is 23.4. The highest BCUT2D eigenvalue weighted by Crippen LogP contribution is 2.62. The summed E-state index contributed by atoms with van der Waals surface area (Å²) >= 11 is 0. The molecule has 0 aliphatic carbocycles. The van der Waals surface area contributed by atoms with Crippen molar-refractivity contribution in [2.24, 2.45) is 0 Å². The Kier molecular flexibility index (Phi) is 0.640. The summed E-state index contributed by atoms with van der Waals surface area (Å²) in [6, 6.07) is 1.77. The van der Waals surface area contributed by atoms with Crippen molar-refractivity contribution in [3.63, 3.8) is 0 Å².